The van der Waals surface area contributed by atoms with Crippen molar-refractivity contribution in [3.8, 4) is 5.88 Å². The Balaban J connectivity index is 3.09. The molecule has 90 valence electrons. The van der Waals surface area contributed by atoms with Crippen molar-refractivity contribution in [3.05, 3.63) is 18.1 Å². The molecule has 1 heterocycles. The van der Waals surface area contributed by atoms with E-state index in [0.717, 1.165) is 0 Å². The number of methoxy groups -OCH3 is 1. The van der Waals surface area contributed by atoms with E-state index in [4.69, 9.17) is 4.74 Å². The van der Waals surface area contributed by atoms with E-state index in [0.29, 0.717) is 11.6 Å². The lowest BCUT2D eigenvalue weighted by atomic mass is 9.93. The molecule has 1 aromatic heterocycles. The highest BCUT2D eigenvalue weighted by Crippen LogP contribution is 2.31. The van der Waals surface area contributed by atoms with Gasteiger partial charge in [0.2, 0.25) is 5.88 Å². The molecule has 5 nitrogen and oxygen atoms in total. The van der Waals surface area contributed by atoms with Gasteiger partial charge >= 0.3 is 0 Å². The molecule has 0 amide bonds. The van der Waals surface area contributed by atoms with E-state index < -0.39 is 11.6 Å². The molecule has 0 saturated heterocycles. The molecule has 1 atom stereocenters. The van der Waals surface area contributed by atoms with Crippen molar-refractivity contribution < 1.29 is 9.84 Å². The number of hydrogen-bond donors (Lipinski definition) is 1. The number of aliphatic hydroxyl groups is 1. The Kier molecular flexibility index (Phi) is 3.83. The maximum atomic E-state index is 10.3. The van der Waals surface area contributed by atoms with Crippen LogP contribution in [0, 0.1) is 0 Å². The summed E-state index contributed by atoms with van der Waals surface area (Å²) in [6.07, 6.45) is 2.33. The minimum absolute atomic E-state index is 0.366. The lowest BCUT2D eigenvalue weighted by Gasteiger charge is -2.36. The third-order valence-corrected chi connectivity index (χ3v) is 2.97. The van der Waals surface area contributed by atoms with Crippen LogP contribution in [-0.4, -0.2) is 46.7 Å². The van der Waals surface area contributed by atoms with E-state index in [1.54, 1.807) is 6.20 Å². The van der Waals surface area contributed by atoms with E-state index in [2.05, 4.69) is 9.97 Å². The Morgan fingerprint density at radius 1 is 1.31 bits per heavy atom. The molecule has 5 heteroatoms. The van der Waals surface area contributed by atoms with Gasteiger partial charge in [-0.25, -0.2) is 4.98 Å². The first kappa shape index (κ1) is 12.9. The molecule has 1 rings (SSSR count). The van der Waals surface area contributed by atoms with Crippen LogP contribution in [0.3, 0.4) is 0 Å². The Morgan fingerprint density at radius 2 is 1.88 bits per heavy atom. The minimum Gasteiger partial charge on any atom is -0.480 e. The SMILES string of the molecule is COc1nccnc1C(O)C(C)(C)N(C)C. The molecular weight excluding hydrogens is 206 g/mol. The van der Waals surface area contributed by atoms with Gasteiger partial charge < -0.3 is 14.7 Å². The monoisotopic (exact) mass is 225 g/mol. The fourth-order valence-electron chi connectivity index (χ4n) is 1.26. The lowest BCUT2D eigenvalue weighted by Crippen LogP contribution is -2.44. The van der Waals surface area contributed by atoms with Crippen LogP contribution in [0.2, 0.25) is 0 Å². The molecule has 1 N–H and O–H groups in total. The van der Waals surface area contributed by atoms with Gasteiger partial charge in [-0.2, -0.15) is 0 Å². The fourth-order valence-corrected chi connectivity index (χ4v) is 1.26. The van der Waals surface area contributed by atoms with Gasteiger partial charge in [0.15, 0.2) is 0 Å². The molecule has 0 aliphatic heterocycles. The highest BCUT2D eigenvalue weighted by atomic mass is 16.5. The third-order valence-electron chi connectivity index (χ3n) is 2.97. The average Bonchev–Trinajstić information content (AvgIpc) is 2.27. The number of hydrogen-bond acceptors (Lipinski definition) is 5. The van der Waals surface area contributed by atoms with Crippen molar-refractivity contribution in [1.82, 2.24) is 14.9 Å². The molecule has 16 heavy (non-hydrogen) atoms. The zero-order chi connectivity index (χ0) is 12.3. The van der Waals surface area contributed by atoms with E-state index in [-0.39, 0.29) is 0 Å². The standard InChI is InChI=1S/C11H19N3O2/c1-11(2,14(3)4)9(15)8-10(16-5)13-7-6-12-8/h6-7,9,15H,1-5H3. The largest absolute Gasteiger partial charge is 0.480 e. The van der Waals surface area contributed by atoms with E-state index in [1.807, 2.05) is 32.8 Å². The molecule has 0 fully saturated rings. The molecule has 1 aromatic rings. The molecule has 1 unspecified atom stereocenters. The molecule has 0 radical (unpaired) electrons. The van der Waals surface area contributed by atoms with Crippen LogP contribution in [0.1, 0.15) is 25.6 Å². The Labute approximate surface area is 96.1 Å². The summed E-state index contributed by atoms with van der Waals surface area (Å²) in [5, 5.41) is 10.3. The van der Waals surface area contributed by atoms with Crippen molar-refractivity contribution >= 4 is 0 Å². The van der Waals surface area contributed by atoms with Gasteiger partial charge in [0.1, 0.15) is 11.8 Å². The number of nitrogens with zero attached hydrogens (tertiary/aromatic N) is 3. The van der Waals surface area contributed by atoms with Crippen LogP contribution in [-0.2, 0) is 0 Å². The van der Waals surface area contributed by atoms with Crippen molar-refractivity contribution in [3.63, 3.8) is 0 Å². The Hall–Kier alpha value is -1.20. The van der Waals surface area contributed by atoms with Crippen molar-refractivity contribution in [2.45, 2.75) is 25.5 Å². The fraction of sp³-hybridized carbons (Fsp3) is 0.636. The Morgan fingerprint density at radius 3 is 2.38 bits per heavy atom. The van der Waals surface area contributed by atoms with Gasteiger partial charge in [0.05, 0.1) is 7.11 Å². The summed E-state index contributed by atoms with van der Waals surface area (Å²) in [6, 6.07) is 0. The topological polar surface area (TPSA) is 58.5 Å². The second kappa shape index (κ2) is 4.76. The average molecular weight is 225 g/mol. The van der Waals surface area contributed by atoms with Crippen molar-refractivity contribution in [1.29, 1.82) is 0 Å². The number of aliphatic hydroxyl groups excluding tert-OH is 1. The molecular formula is C11H19N3O2. The maximum Gasteiger partial charge on any atom is 0.238 e. The van der Waals surface area contributed by atoms with Gasteiger partial charge in [0, 0.05) is 17.9 Å². The number of aromatic nitrogens is 2. The van der Waals surface area contributed by atoms with Crippen molar-refractivity contribution in [2.24, 2.45) is 0 Å². The molecule has 0 aromatic carbocycles. The maximum absolute atomic E-state index is 10.3. The zero-order valence-corrected chi connectivity index (χ0v) is 10.4. The van der Waals surface area contributed by atoms with Crippen LogP contribution in [0.5, 0.6) is 5.88 Å². The number of rotatable bonds is 4. The third kappa shape index (κ3) is 2.31. The van der Waals surface area contributed by atoms with Crippen LogP contribution < -0.4 is 4.74 Å². The minimum atomic E-state index is -0.758. The van der Waals surface area contributed by atoms with Crippen LogP contribution in [0.25, 0.3) is 0 Å². The van der Waals surface area contributed by atoms with E-state index in [1.165, 1.54) is 13.3 Å². The summed E-state index contributed by atoms with van der Waals surface area (Å²) >= 11 is 0. The summed E-state index contributed by atoms with van der Waals surface area (Å²) < 4.78 is 5.09. The van der Waals surface area contributed by atoms with Crippen molar-refractivity contribution in [2.75, 3.05) is 21.2 Å². The zero-order valence-electron chi connectivity index (χ0n) is 10.4. The molecule has 0 aliphatic rings. The second-order valence-electron chi connectivity index (χ2n) is 4.40. The predicted octanol–water partition coefficient (Wildman–Crippen LogP) is 0.859. The van der Waals surface area contributed by atoms with Gasteiger partial charge in [-0.1, -0.05) is 0 Å². The molecule has 0 saturated carbocycles. The second-order valence-corrected chi connectivity index (χ2v) is 4.40. The molecule has 0 aliphatic carbocycles. The van der Waals surface area contributed by atoms with Gasteiger partial charge in [-0.15, -0.1) is 0 Å². The quantitative estimate of drug-likeness (QED) is 0.823. The molecule has 0 spiro atoms. The van der Waals surface area contributed by atoms with Crippen LogP contribution in [0.15, 0.2) is 12.4 Å². The highest BCUT2D eigenvalue weighted by Gasteiger charge is 2.34. The summed E-state index contributed by atoms with van der Waals surface area (Å²) in [4.78, 5) is 10.1. The lowest BCUT2D eigenvalue weighted by molar-refractivity contribution is 0.0117. The normalized spacial score (nSPS) is 13.9. The smallest absolute Gasteiger partial charge is 0.238 e. The highest BCUT2D eigenvalue weighted by molar-refractivity contribution is 5.22. The van der Waals surface area contributed by atoms with Gasteiger partial charge in [-0.05, 0) is 27.9 Å². The van der Waals surface area contributed by atoms with E-state index in [9.17, 15) is 5.11 Å². The Bertz CT molecular complexity index is 353. The first-order valence-corrected chi connectivity index (χ1v) is 5.11. The van der Waals surface area contributed by atoms with Crippen LogP contribution >= 0.6 is 0 Å². The van der Waals surface area contributed by atoms with Gasteiger partial charge in [-0.3, -0.25) is 4.98 Å². The summed E-state index contributed by atoms with van der Waals surface area (Å²) in [5.74, 6) is 0.366. The summed E-state index contributed by atoms with van der Waals surface area (Å²) in [7, 11) is 5.33. The van der Waals surface area contributed by atoms with E-state index >= 15 is 0 Å². The number of likely N-dealkylation sites (N-methyl/N-ethyl adjacent to an activating group) is 1. The predicted molar refractivity (Wildman–Crippen MR) is 61.3 cm³/mol. The van der Waals surface area contributed by atoms with Gasteiger partial charge in [0.25, 0.3) is 0 Å². The first-order valence-electron chi connectivity index (χ1n) is 5.11. The molecule has 0 bridgehead atoms. The summed E-state index contributed by atoms with van der Waals surface area (Å²) in [6.45, 7) is 3.87. The first-order chi connectivity index (χ1) is 7.41. The summed E-state index contributed by atoms with van der Waals surface area (Å²) in [5.41, 5.74) is 0.0206. The number of ether oxygens (including phenoxy) is 1. The van der Waals surface area contributed by atoms with Crippen LogP contribution in [0.4, 0.5) is 0 Å².